The van der Waals surface area contributed by atoms with Crippen LogP contribution in [0.1, 0.15) is 22.3 Å². The Morgan fingerprint density at radius 1 is 1.25 bits per heavy atom. The van der Waals surface area contributed by atoms with Crippen molar-refractivity contribution in [1.29, 1.82) is 0 Å². The summed E-state index contributed by atoms with van der Waals surface area (Å²) < 4.78 is 0. The maximum absolute atomic E-state index is 12.1. The van der Waals surface area contributed by atoms with Crippen LogP contribution in [0.3, 0.4) is 0 Å². The van der Waals surface area contributed by atoms with Crippen LogP contribution in [0, 0.1) is 5.92 Å². The summed E-state index contributed by atoms with van der Waals surface area (Å²) in [4.78, 5) is 38.7. The minimum Gasteiger partial charge on any atom is -0.322 e. The van der Waals surface area contributed by atoms with Gasteiger partial charge in [0.15, 0.2) is 0 Å². The average molecular weight is 344 g/mol. The number of anilines is 1. The number of nitrogens with zero attached hydrogens (tertiary/aromatic N) is 1. The van der Waals surface area contributed by atoms with Gasteiger partial charge < -0.3 is 5.32 Å². The fourth-order valence-corrected chi connectivity index (χ4v) is 2.70. The van der Waals surface area contributed by atoms with Gasteiger partial charge in [-0.3, -0.25) is 19.7 Å². The zero-order valence-electron chi connectivity index (χ0n) is 12.6. The molecule has 122 valence electrons. The van der Waals surface area contributed by atoms with Crippen molar-refractivity contribution in [1.82, 2.24) is 10.3 Å². The first kappa shape index (κ1) is 16.1. The Hall–Kier alpha value is -2.73. The number of carbonyl (C=O) groups is 3. The van der Waals surface area contributed by atoms with Gasteiger partial charge in [-0.05, 0) is 36.2 Å². The summed E-state index contributed by atoms with van der Waals surface area (Å²) in [6, 6.07) is 10.2. The number of aromatic nitrogens is 1. The van der Waals surface area contributed by atoms with Crippen LogP contribution in [-0.2, 0) is 16.0 Å². The summed E-state index contributed by atoms with van der Waals surface area (Å²) in [7, 11) is 0. The Balaban J connectivity index is 1.63. The molecule has 1 fully saturated rings. The minimum atomic E-state index is -0.322. The van der Waals surface area contributed by atoms with E-state index in [9.17, 15) is 14.4 Å². The highest BCUT2D eigenvalue weighted by atomic mass is 35.5. The molecule has 1 aliphatic heterocycles. The number of hydrogen-bond acceptors (Lipinski definition) is 4. The van der Waals surface area contributed by atoms with Gasteiger partial charge in [-0.25, -0.2) is 4.98 Å². The monoisotopic (exact) mass is 343 g/mol. The largest absolute Gasteiger partial charge is 0.322 e. The molecule has 24 heavy (non-hydrogen) atoms. The van der Waals surface area contributed by atoms with Gasteiger partial charge in [-0.15, -0.1) is 0 Å². The fourth-order valence-electron chi connectivity index (χ4n) is 2.53. The van der Waals surface area contributed by atoms with Gasteiger partial charge in [-0.2, -0.15) is 0 Å². The Morgan fingerprint density at radius 2 is 2.00 bits per heavy atom. The topological polar surface area (TPSA) is 88.2 Å². The van der Waals surface area contributed by atoms with E-state index >= 15 is 0 Å². The maximum Gasteiger partial charge on any atom is 0.255 e. The van der Waals surface area contributed by atoms with Crippen molar-refractivity contribution in [2.24, 2.45) is 5.92 Å². The van der Waals surface area contributed by atoms with E-state index in [-0.39, 0.29) is 35.2 Å². The molecule has 7 heteroatoms. The third-order valence-electron chi connectivity index (χ3n) is 3.75. The molecule has 6 nitrogen and oxygen atoms in total. The number of hydrogen-bond donors (Lipinski definition) is 2. The average Bonchev–Trinajstić information content (AvgIpc) is 2.87. The predicted octanol–water partition coefficient (Wildman–Crippen LogP) is 2.19. The third kappa shape index (κ3) is 3.78. The van der Waals surface area contributed by atoms with E-state index in [4.69, 9.17) is 11.6 Å². The zero-order chi connectivity index (χ0) is 17.1. The van der Waals surface area contributed by atoms with E-state index in [1.54, 1.807) is 18.2 Å². The predicted molar refractivity (Wildman–Crippen MR) is 88.6 cm³/mol. The van der Waals surface area contributed by atoms with Gasteiger partial charge in [0.2, 0.25) is 11.8 Å². The number of carbonyl (C=O) groups excluding carboxylic acids is 3. The Labute approximate surface area is 143 Å². The number of imide groups is 1. The number of benzene rings is 1. The van der Waals surface area contributed by atoms with Crippen molar-refractivity contribution in [3.8, 4) is 0 Å². The third-order valence-corrected chi connectivity index (χ3v) is 3.95. The van der Waals surface area contributed by atoms with E-state index in [0.29, 0.717) is 17.7 Å². The van der Waals surface area contributed by atoms with E-state index < -0.39 is 0 Å². The molecule has 0 bridgehead atoms. The Kier molecular flexibility index (Phi) is 4.57. The first-order valence-corrected chi connectivity index (χ1v) is 7.74. The second kappa shape index (κ2) is 6.80. The van der Waals surface area contributed by atoms with Crippen molar-refractivity contribution < 1.29 is 14.4 Å². The van der Waals surface area contributed by atoms with Crippen LogP contribution >= 0.6 is 11.6 Å². The van der Waals surface area contributed by atoms with Crippen molar-refractivity contribution in [2.45, 2.75) is 12.8 Å². The molecule has 2 N–H and O–H groups in total. The van der Waals surface area contributed by atoms with E-state index in [1.165, 1.54) is 12.3 Å². The molecule has 2 aromatic rings. The molecule has 0 spiro atoms. The van der Waals surface area contributed by atoms with Crippen molar-refractivity contribution >= 4 is 35.0 Å². The summed E-state index contributed by atoms with van der Waals surface area (Å²) in [6.07, 6.45) is 2.18. The van der Waals surface area contributed by atoms with Gasteiger partial charge in [0.1, 0.15) is 5.15 Å². The van der Waals surface area contributed by atoms with Crippen molar-refractivity contribution in [2.75, 3.05) is 5.32 Å². The zero-order valence-corrected chi connectivity index (χ0v) is 13.3. The quantitative estimate of drug-likeness (QED) is 0.658. The molecular weight excluding hydrogens is 330 g/mol. The first-order valence-electron chi connectivity index (χ1n) is 7.37. The molecule has 0 aliphatic carbocycles. The highest BCUT2D eigenvalue weighted by Crippen LogP contribution is 2.19. The molecule has 3 amide bonds. The molecule has 1 unspecified atom stereocenters. The van der Waals surface area contributed by atoms with E-state index in [2.05, 4.69) is 15.6 Å². The molecule has 1 aliphatic rings. The lowest BCUT2D eigenvalue weighted by molar-refractivity contribution is -0.125. The standard InChI is InChI=1S/C17H14ClN3O3/c18-14-8-11(5-6-19-14)16(23)20-13-3-1-10(2-4-13)7-12-9-15(22)21-17(12)24/h1-6,8,12H,7,9H2,(H,20,23)(H,21,22,24). The maximum atomic E-state index is 12.1. The highest BCUT2D eigenvalue weighted by Gasteiger charge is 2.30. The van der Waals surface area contributed by atoms with Gasteiger partial charge in [0, 0.05) is 23.9 Å². The van der Waals surface area contributed by atoms with Crippen LogP contribution in [0.4, 0.5) is 5.69 Å². The lowest BCUT2D eigenvalue weighted by atomic mass is 9.98. The number of pyridine rings is 1. The summed E-state index contributed by atoms with van der Waals surface area (Å²) >= 11 is 5.77. The first-order chi connectivity index (χ1) is 11.5. The van der Waals surface area contributed by atoms with Crippen LogP contribution in [0.2, 0.25) is 5.15 Å². The normalized spacial score (nSPS) is 16.8. The highest BCUT2D eigenvalue weighted by molar-refractivity contribution is 6.29. The van der Waals surface area contributed by atoms with Crippen LogP contribution in [0.5, 0.6) is 0 Å². The lowest BCUT2D eigenvalue weighted by Gasteiger charge is -2.08. The minimum absolute atomic E-state index is 0.222. The van der Waals surface area contributed by atoms with E-state index in [1.807, 2.05) is 12.1 Å². The number of rotatable bonds is 4. The molecule has 0 saturated carbocycles. The second-order valence-electron chi connectivity index (χ2n) is 5.54. The summed E-state index contributed by atoms with van der Waals surface area (Å²) in [5, 5.41) is 5.31. The Morgan fingerprint density at radius 3 is 2.62 bits per heavy atom. The molecule has 3 rings (SSSR count). The van der Waals surface area contributed by atoms with Gasteiger partial charge in [0.05, 0.1) is 5.92 Å². The molecule has 1 aromatic heterocycles. The summed E-state index contributed by atoms with van der Waals surface area (Å²) in [6.45, 7) is 0. The van der Waals surface area contributed by atoms with Crippen LogP contribution in [0.25, 0.3) is 0 Å². The smallest absolute Gasteiger partial charge is 0.255 e. The van der Waals surface area contributed by atoms with Crippen molar-refractivity contribution in [3.05, 3.63) is 58.9 Å². The molecule has 0 radical (unpaired) electrons. The SMILES string of the molecule is O=C1CC(Cc2ccc(NC(=O)c3ccnc(Cl)c3)cc2)C(=O)N1. The Bertz CT molecular complexity index is 805. The second-order valence-corrected chi connectivity index (χ2v) is 5.92. The molecule has 1 aromatic carbocycles. The van der Waals surface area contributed by atoms with Crippen LogP contribution in [0.15, 0.2) is 42.6 Å². The van der Waals surface area contributed by atoms with Gasteiger partial charge >= 0.3 is 0 Å². The van der Waals surface area contributed by atoms with E-state index in [0.717, 1.165) is 5.56 Å². The van der Waals surface area contributed by atoms with Gasteiger partial charge in [0.25, 0.3) is 5.91 Å². The van der Waals surface area contributed by atoms with Crippen molar-refractivity contribution in [3.63, 3.8) is 0 Å². The lowest BCUT2D eigenvalue weighted by Crippen LogP contribution is -2.22. The molecule has 2 heterocycles. The van der Waals surface area contributed by atoms with Crippen LogP contribution < -0.4 is 10.6 Å². The summed E-state index contributed by atoms with van der Waals surface area (Å²) in [5.74, 6) is -1.07. The molecule has 1 saturated heterocycles. The van der Waals surface area contributed by atoms with Gasteiger partial charge in [-0.1, -0.05) is 23.7 Å². The fraction of sp³-hybridized carbons (Fsp3) is 0.176. The van der Waals surface area contributed by atoms with Crippen LogP contribution in [-0.4, -0.2) is 22.7 Å². The summed E-state index contributed by atoms with van der Waals surface area (Å²) in [5.41, 5.74) is 1.97. The number of nitrogens with one attached hydrogen (secondary N) is 2. The molecule has 1 atom stereocenters. The molecular formula is C17H14ClN3O3. The number of amides is 3. The number of halogens is 1.